The van der Waals surface area contributed by atoms with Gasteiger partial charge in [0.05, 0.1) is 6.61 Å². The van der Waals surface area contributed by atoms with Gasteiger partial charge >= 0.3 is 0 Å². The van der Waals surface area contributed by atoms with Gasteiger partial charge in [0.15, 0.2) is 0 Å². The molecule has 3 rings (SSSR count). The lowest BCUT2D eigenvalue weighted by atomic mass is 10.2. The van der Waals surface area contributed by atoms with Gasteiger partial charge in [-0.1, -0.05) is 0 Å². The number of nitrogens with one attached hydrogen (secondary N) is 1. The van der Waals surface area contributed by atoms with Gasteiger partial charge in [-0.2, -0.15) is 0 Å². The van der Waals surface area contributed by atoms with Gasteiger partial charge in [-0.15, -0.1) is 0 Å². The first kappa shape index (κ1) is 14.8. The number of hydrogen-bond acceptors (Lipinski definition) is 3. The number of hydrogen-bond donors (Lipinski definition) is 1. The number of benzene rings is 1. The lowest BCUT2D eigenvalue weighted by molar-refractivity contribution is 0.212. The standard InChI is InChI=1S/C17H25FN2O/c18-14-4-8-17(9-5-14)21-12-2-11-20(16-6-7-16)13-15-3-1-10-19-15/h4-5,8-9,15-16,19H,1-3,6-7,10-13H2. The predicted octanol–water partition coefficient (Wildman–Crippen LogP) is 2.81. The summed E-state index contributed by atoms with van der Waals surface area (Å²) in [5, 5.41) is 3.58. The van der Waals surface area contributed by atoms with Crippen LogP contribution in [-0.4, -0.2) is 43.2 Å². The Hall–Kier alpha value is -1.13. The van der Waals surface area contributed by atoms with E-state index in [2.05, 4.69) is 10.2 Å². The number of nitrogens with zero attached hydrogens (tertiary/aromatic N) is 1. The zero-order valence-electron chi connectivity index (χ0n) is 12.6. The summed E-state index contributed by atoms with van der Waals surface area (Å²) < 4.78 is 18.5. The van der Waals surface area contributed by atoms with Crippen LogP contribution in [-0.2, 0) is 0 Å². The number of ether oxygens (including phenoxy) is 1. The molecule has 1 N–H and O–H groups in total. The minimum Gasteiger partial charge on any atom is -0.494 e. The van der Waals surface area contributed by atoms with Crippen LogP contribution >= 0.6 is 0 Å². The molecular weight excluding hydrogens is 267 g/mol. The van der Waals surface area contributed by atoms with Gasteiger partial charge in [0.2, 0.25) is 0 Å². The van der Waals surface area contributed by atoms with Crippen LogP contribution in [0.5, 0.6) is 5.75 Å². The zero-order valence-corrected chi connectivity index (χ0v) is 12.6. The number of halogens is 1. The molecule has 4 heteroatoms. The highest BCUT2D eigenvalue weighted by Crippen LogP contribution is 2.27. The second-order valence-electron chi connectivity index (χ2n) is 6.18. The normalized spacial score (nSPS) is 21.9. The van der Waals surface area contributed by atoms with Crippen molar-refractivity contribution in [3.63, 3.8) is 0 Å². The minimum absolute atomic E-state index is 0.216. The smallest absolute Gasteiger partial charge is 0.123 e. The fourth-order valence-corrected chi connectivity index (χ4v) is 3.05. The fraction of sp³-hybridized carbons (Fsp3) is 0.647. The van der Waals surface area contributed by atoms with Crippen LogP contribution in [0.15, 0.2) is 24.3 Å². The SMILES string of the molecule is Fc1ccc(OCCCN(CC2CCCN2)C2CC2)cc1. The van der Waals surface area contributed by atoms with E-state index < -0.39 is 0 Å². The lowest BCUT2D eigenvalue weighted by Crippen LogP contribution is -2.39. The Morgan fingerprint density at radius 3 is 2.67 bits per heavy atom. The van der Waals surface area contributed by atoms with Crippen molar-refractivity contribution in [2.24, 2.45) is 0 Å². The van der Waals surface area contributed by atoms with Crippen molar-refractivity contribution in [2.75, 3.05) is 26.2 Å². The van der Waals surface area contributed by atoms with Crippen molar-refractivity contribution in [3.05, 3.63) is 30.1 Å². The maximum atomic E-state index is 12.8. The maximum Gasteiger partial charge on any atom is 0.123 e. The molecule has 1 unspecified atom stereocenters. The van der Waals surface area contributed by atoms with Crippen LogP contribution in [0.1, 0.15) is 32.1 Å². The largest absolute Gasteiger partial charge is 0.494 e. The second-order valence-corrected chi connectivity index (χ2v) is 6.18. The minimum atomic E-state index is -0.216. The van der Waals surface area contributed by atoms with E-state index in [9.17, 15) is 4.39 Å². The van der Waals surface area contributed by atoms with Crippen LogP contribution < -0.4 is 10.1 Å². The molecule has 21 heavy (non-hydrogen) atoms. The molecule has 2 fully saturated rings. The average Bonchev–Trinajstić information content (AvgIpc) is 3.22. The molecule has 1 aliphatic heterocycles. The molecule has 0 radical (unpaired) electrons. The summed E-state index contributed by atoms with van der Waals surface area (Å²) in [5.41, 5.74) is 0. The zero-order chi connectivity index (χ0) is 14.5. The van der Waals surface area contributed by atoms with Gasteiger partial charge in [-0.25, -0.2) is 4.39 Å². The molecule has 0 bridgehead atoms. The summed E-state index contributed by atoms with van der Waals surface area (Å²) in [6, 6.07) is 7.75. The maximum absolute atomic E-state index is 12.8. The first-order valence-electron chi connectivity index (χ1n) is 8.17. The molecule has 1 aromatic carbocycles. The van der Waals surface area contributed by atoms with E-state index >= 15 is 0 Å². The summed E-state index contributed by atoms with van der Waals surface area (Å²) >= 11 is 0. The molecule has 0 spiro atoms. The van der Waals surface area contributed by atoms with E-state index in [-0.39, 0.29) is 5.82 Å². The van der Waals surface area contributed by atoms with Gasteiger partial charge in [0.1, 0.15) is 11.6 Å². The van der Waals surface area contributed by atoms with E-state index in [1.807, 2.05) is 0 Å². The summed E-state index contributed by atoms with van der Waals surface area (Å²) in [6.45, 7) is 4.16. The van der Waals surface area contributed by atoms with Crippen molar-refractivity contribution in [1.29, 1.82) is 0 Å². The van der Waals surface area contributed by atoms with Gasteiger partial charge in [0.25, 0.3) is 0 Å². The molecule has 1 saturated carbocycles. The molecule has 1 atom stereocenters. The predicted molar refractivity (Wildman–Crippen MR) is 82.1 cm³/mol. The highest BCUT2D eigenvalue weighted by molar-refractivity contribution is 5.21. The fourth-order valence-electron chi connectivity index (χ4n) is 3.05. The van der Waals surface area contributed by atoms with Gasteiger partial charge in [-0.3, -0.25) is 4.90 Å². The number of rotatable bonds is 8. The van der Waals surface area contributed by atoms with Crippen LogP contribution in [0.2, 0.25) is 0 Å². The monoisotopic (exact) mass is 292 g/mol. The van der Waals surface area contributed by atoms with E-state index in [0.717, 1.165) is 24.8 Å². The first-order valence-corrected chi connectivity index (χ1v) is 8.17. The second kappa shape index (κ2) is 7.23. The van der Waals surface area contributed by atoms with Gasteiger partial charge < -0.3 is 10.1 Å². The van der Waals surface area contributed by atoms with Crippen molar-refractivity contribution < 1.29 is 9.13 Å². The Balaban J connectivity index is 1.37. The Kier molecular flexibility index (Phi) is 5.09. The molecule has 1 heterocycles. The van der Waals surface area contributed by atoms with Crippen molar-refractivity contribution in [3.8, 4) is 5.75 Å². The van der Waals surface area contributed by atoms with Crippen LogP contribution in [0, 0.1) is 5.82 Å². The van der Waals surface area contributed by atoms with E-state index in [4.69, 9.17) is 4.74 Å². The third kappa shape index (κ3) is 4.68. The Labute approximate surface area is 126 Å². The van der Waals surface area contributed by atoms with Crippen molar-refractivity contribution in [1.82, 2.24) is 10.2 Å². The molecule has 0 amide bonds. The first-order chi connectivity index (χ1) is 10.3. The highest BCUT2D eigenvalue weighted by atomic mass is 19.1. The average molecular weight is 292 g/mol. The Morgan fingerprint density at radius 1 is 1.19 bits per heavy atom. The molecule has 1 aromatic rings. The van der Waals surface area contributed by atoms with E-state index in [0.29, 0.717) is 12.6 Å². The summed E-state index contributed by atoms with van der Waals surface area (Å²) in [4.78, 5) is 2.62. The lowest BCUT2D eigenvalue weighted by Gasteiger charge is -2.25. The van der Waals surface area contributed by atoms with Gasteiger partial charge in [0, 0.05) is 25.2 Å². The summed E-state index contributed by atoms with van der Waals surface area (Å²) in [6.07, 6.45) is 6.36. The summed E-state index contributed by atoms with van der Waals surface area (Å²) in [5.74, 6) is 0.540. The van der Waals surface area contributed by atoms with Crippen molar-refractivity contribution >= 4 is 0 Å². The third-order valence-electron chi connectivity index (χ3n) is 4.35. The molecule has 1 saturated heterocycles. The molecular formula is C17H25FN2O. The molecule has 0 aromatic heterocycles. The Morgan fingerprint density at radius 2 is 2.00 bits per heavy atom. The van der Waals surface area contributed by atoms with Crippen LogP contribution in [0.25, 0.3) is 0 Å². The molecule has 116 valence electrons. The molecule has 3 nitrogen and oxygen atoms in total. The Bertz CT molecular complexity index is 427. The van der Waals surface area contributed by atoms with Crippen LogP contribution in [0.3, 0.4) is 0 Å². The third-order valence-corrected chi connectivity index (χ3v) is 4.35. The van der Waals surface area contributed by atoms with Crippen LogP contribution in [0.4, 0.5) is 4.39 Å². The van der Waals surface area contributed by atoms with Crippen molar-refractivity contribution in [2.45, 2.75) is 44.2 Å². The quantitative estimate of drug-likeness (QED) is 0.746. The topological polar surface area (TPSA) is 24.5 Å². The van der Waals surface area contributed by atoms with E-state index in [1.54, 1.807) is 12.1 Å². The van der Waals surface area contributed by atoms with E-state index in [1.165, 1.54) is 50.9 Å². The van der Waals surface area contributed by atoms with Gasteiger partial charge in [-0.05, 0) is 62.9 Å². The highest BCUT2D eigenvalue weighted by Gasteiger charge is 2.30. The molecule has 2 aliphatic rings. The summed E-state index contributed by atoms with van der Waals surface area (Å²) in [7, 11) is 0. The molecule has 1 aliphatic carbocycles.